The SMILES string of the molecule is Br.C1=C(C2=NNCCCCCCCC2)CCCCCCCCC1. The molecule has 1 heterocycles. The summed E-state index contributed by atoms with van der Waals surface area (Å²) in [4.78, 5) is 0. The van der Waals surface area contributed by atoms with Crippen LogP contribution in [-0.2, 0) is 0 Å². The number of rotatable bonds is 1. The molecule has 0 aromatic heterocycles. The molecule has 0 unspecified atom stereocenters. The van der Waals surface area contributed by atoms with E-state index in [1.165, 1.54) is 108 Å². The molecule has 0 amide bonds. The number of allylic oxidation sites excluding steroid dienone is 2. The first-order valence-electron chi connectivity index (χ1n) is 9.95. The molecule has 0 atom stereocenters. The van der Waals surface area contributed by atoms with Crippen molar-refractivity contribution in [2.24, 2.45) is 5.10 Å². The lowest BCUT2D eigenvalue weighted by Crippen LogP contribution is -2.14. The molecular formula is C20H37BrN2. The molecule has 1 aliphatic carbocycles. The van der Waals surface area contributed by atoms with Crippen molar-refractivity contribution in [3.63, 3.8) is 0 Å². The summed E-state index contributed by atoms with van der Waals surface area (Å²) in [7, 11) is 0. The topological polar surface area (TPSA) is 24.4 Å². The summed E-state index contributed by atoms with van der Waals surface area (Å²) in [6.07, 6.45) is 24.2. The fourth-order valence-electron chi connectivity index (χ4n) is 3.63. The molecule has 2 nitrogen and oxygen atoms in total. The predicted molar refractivity (Wildman–Crippen MR) is 108 cm³/mol. The lowest BCUT2D eigenvalue weighted by Gasteiger charge is -2.12. The maximum Gasteiger partial charge on any atom is 0.0631 e. The average molecular weight is 385 g/mol. The Morgan fingerprint density at radius 2 is 1.22 bits per heavy atom. The molecule has 0 saturated carbocycles. The summed E-state index contributed by atoms with van der Waals surface area (Å²) in [5.41, 5.74) is 6.29. The van der Waals surface area contributed by atoms with E-state index in [1.54, 1.807) is 5.57 Å². The Morgan fingerprint density at radius 3 is 1.96 bits per heavy atom. The van der Waals surface area contributed by atoms with Gasteiger partial charge < -0.3 is 5.43 Å². The molecule has 2 rings (SSSR count). The normalized spacial score (nSPS) is 23.0. The van der Waals surface area contributed by atoms with Crippen molar-refractivity contribution in [3.05, 3.63) is 11.6 Å². The van der Waals surface area contributed by atoms with E-state index in [-0.39, 0.29) is 17.0 Å². The van der Waals surface area contributed by atoms with Crippen LogP contribution in [0.1, 0.15) is 103 Å². The van der Waals surface area contributed by atoms with Gasteiger partial charge in [-0.2, -0.15) is 5.10 Å². The van der Waals surface area contributed by atoms with Crippen LogP contribution in [0.2, 0.25) is 0 Å². The Bertz CT molecular complexity index is 316. The molecule has 0 spiro atoms. The van der Waals surface area contributed by atoms with Gasteiger partial charge in [0.15, 0.2) is 0 Å². The highest BCUT2D eigenvalue weighted by molar-refractivity contribution is 8.93. The molecule has 0 radical (unpaired) electrons. The first kappa shape index (κ1) is 20.7. The Labute approximate surface area is 154 Å². The second-order valence-electron chi connectivity index (χ2n) is 7.08. The van der Waals surface area contributed by atoms with Crippen molar-refractivity contribution in [2.75, 3.05) is 6.54 Å². The number of halogens is 1. The van der Waals surface area contributed by atoms with Crippen LogP contribution in [0.3, 0.4) is 0 Å². The second kappa shape index (κ2) is 14.1. The van der Waals surface area contributed by atoms with E-state index in [9.17, 15) is 0 Å². The number of hydrogen-bond donors (Lipinski definition) is 1. The number of nitrogens with zero attached hydrogens (tertiary/aromatic N) is 1. The van der Waals surface area contributed by atoms with Gasteiger partial charge in [-0.3, -0.25) is 0 Å². The van der Waals surface area contributed by atoms with Gasteiger partial charge in [0.05, 0.1) is 5.71 Å². The summed E-state index contributed by atoms with van der Waals surface area (Å²) in [5, 5.41) is 4.80. The minimum absolute atomic E-state index is 0. The summed E-state index contributed by atoms with van der Waals surface area (Å²) >= 11 is 0. The maximum atomic E-state index is 4.80. The molecule has 1 aliphatic heterocycles. The van der Waals surface area contributed by atoms with Gasteiger partial charge in [0.25, 0.3) is 0 Å². The molecule has 134 valence electrons. The summed E-state index contributed by atoms with van der Waals surface area (Å²) in [6.45, 7) is 1.05. The van der Waals surface area contributed by atoms with Gasteiger partial charge in [-0.05, 0) is 50.5 Å². The Balaban J connectivity index is 0.00000264. The van der Waals surface area contributed by atoms with E-state index in [2.05, 4.69) is 11.5 Å². The zero-order chi connectivity index (χ0) is 15.3. The van der Waals surface area contributed by atoms with Crippen LogP contribution in [0, 0.1) is 0 Å². The van der Waals surface area contributed by atoms with Crippen molar-refractivity contribution in [1.82, 2.24) is 5.43 Å². The largest absolute Gasteiger partial charge is 0.310 e. The van der Waals surface area contributed by atoms with Gasteiger partial charge in [0.2, 0.25) is 0 Å². The fourth-order valence-corrected chi connectivity index (χ4v) is 3.63. The van der Waals surface area contributed by atoms with E-state index in [0.717, 1.165) is 6.54 Å². The molecule has 2 aliphatic rings. The van der Waals surface area contributed by atoms with Crippen LogP contribution >= 0.6 is 17.0 Å². The van der Waals surface area contributed by atoms with Gasteiger partial charge in [-0.25, -0.2) is 0 Å². The van der Waals surface area contributed by atoms with Gasteiger partial charge in [0, 0.05) is 6.54 Å². The van der Waals surface area contributed by atoms with E-state index < -0.39 is 0 Å². The van der Waals surface area contributed by atoms with Crippen LogP contribution < -0.4 is 5.43 Å². The van der Waals surface area contributed by atoms with Crippen LogP contribution in [0.15, 0.2) is 16.8 Å². The fraction of sp³-hybridized carbons (Fsp3) is 0.850. The van der Waals surface area contributed by atoms with Gasteiger partial charge in [-0.15, -0.1) is 17.0 Å². The highest BCUT2D eigenvalue weighted by Crippen LogP contribution is 2.20. The second-order valence-corrected chi connectivity index (χ2v) is 7.08. The number of hydrazone groups is 1. The molecular weight excluding hydrogens is 348 g/mol. The summed E-state index contributed by atoms with van der Waals surface area (Å²) in [6, 6.07) is 0. The quantitative estimate of drug-likeness (QED) is 0.533. The van der Waals surface area contributed by atoms with Crippen molar-refractivity contribution >= 4 is 22.7 Å². The van der Waals surface area contributed by atoms with Crippen LogP contribution in [0.5, 0.6) is 0 Å². The zero-order valence-electron chi connectivity index (χ0n) is 15.0. The van der Waals surface area contributed by atoms with Gasteiger partial charge in [0.1, 0.15) is 0 Å². The molecule has 0 fully saturated rings. The smallest absolute Gasteiger partial charge is 0.0631 e. The number of hydrogen-bond acceptors (Lipinski definition) is 2. The highest BCUT2D eigenvalue weighted by Gasteiger charge is 2.09. The lowest BCUT2D eigenvalue weighted by molar-refractivity contribution is 0.586. The van der Waals surface area contributed by atoms with E-state index in [1.807, 2.05) is 0 Å². The Hall–Kier alpha value is -0.310. The van der Waals surface area contributed by atoms with E-state index >= 15 is 0 Å². The van der Waals surface area contributed by atoms with E-state index in [0.29, 0.717) is 0 Å². The molecule has 0 bridgehead atoms. The van der Waals surface area contributed by atoms with Crippen LogP contribution in [0.25, 0.3) is 0 Å². The maximum absolute atomic E-state index is 4.80. The third kappa shape index (κ3) is 9.54. The summed E-state index contributed by atoms with van der Waals surface area (Å²) in [5.74, 6) is 0. The third-order valence-electron chi connectivity index (χ3n) is 5.08. The minimum atomic E-state index is 0. The average Bonchev–Trinajstić information content (AvgIpc) is 2.64. The van der Waals surface area contributed by atoms with Crippen molar-refractivity contribution < 1.29 is 0 Å². The van der Waals surface area contributed by atoms with Crippen LogP contribution in [0.4, 0.5) is 0 Å². The molecule has 0 saturated heterocycles. The van der Waals surface area contributed by atoms with Crippen LogP contribution in [-0.4, -0.2) is 12.3 Å². The molecule has 0 aromatic carbocycles. The molecule has 23 heavy (non-hydrogen) atoms. The number of nitrogens with one attached hydrogen (secondary N) is 1. The van der Waals surface area contributed by atoms with Gasteiger partial charge in [-0.1, -0.05) is 63.9 Å². The molecule has 1 N–H and O–H groups in total. The molecule has 3 heteroatoms. The third-order valence-corrected chi connectivity index (χ3v) is 5.08. The molecule has 0 aromatic rings. The Morgan fingerprint density at radius 1 is 0.652 bits per heavy atom. The van der Waals surface area contributed by atoms with Crippen molar-refractivity contribution in [2.45, 2.75) is 103 Å². The minimum Gasteiger partial charge on any atom is -0.310 e. The standard InChI is InChI=1S/C20H36N2.BrH/c1-2-4-8-12-16-19(15-11-7-3-1)20-17-13-9-5-6-10-14-18-21-22-20;/h15,21H,1-14,16-18H2;1H. The Kier molecular flexibility index (Phi) is 12.7. The van der Waals surface area contributed by atoms with Crippen molar-refractivity contribution in [1.29, 1.82) is 0 Å². The first-order valence-corrected chi connectivity index (χ1v) is 9.95. The van der Waals surface area contributed by atoms with Crippen molar-refractivity contribution in [3.8, 4) is 0 Å². The monoisotopic (exact) mass is 384 g/mol. The lowest BCUT2D eigenvalue weighted by atomic mass is 9.97. The van der Waals surface area contributed by atoms with E-state index in [4.69, 9.17) is 5.10 Å². The summed E-state index contributed by atoms with van der Waals surface area (Å²) < 4.78 is 0. The first-order chi connectivity index (χ1) is 11.0. The van der Waals surface area contributed by atoms with Gasteiger partial charge >= 0.3 is 0 Å². The highest BCUT2D eigenvalue weighted by atomic mass is 79.9. The predicted octanol–water partition coefficient (Wildman–Crippen LogP) is 6.71. The zero-order valence-corrected chi connectivity index (χ0v) is 16.7.